The number of hydrogen-bond donors (Lipinski definition) is 2. The van der Waals surface area contributed by atoms with Crippen molar-refractivity contribution in [1.82, 2.24) is 4.83 Å². The van der Waals surface area contributed by atoms with Crippen LogP contribution in [0.5, 0.6) is 5.75 Å². The lowest BCUT2D eigenvalue weighted by Crippen LogP contribution is -2.27. The number of sulfonamides is 1. The zero-order valence-corrected chi connectivity index (χ0v) is 18.9. The van der Waals surface area contributed by atoms with E-state index in [2.05, 4.69) is 15.2 Å². The molecule has 8 nitrogen and oxygen atoms in total. The average Bonchev–Trinajstić information content (AvgIpc) is 2.83. The Hall–Kier alpha value is -3.82. The zero-order valence-electron chi connectivity index (χ0n) is 17.3. The van der Waals surface area contributed by atoms with Gasteiger partial charge in [0.25, 0.3) is 15.9 Å². The second kappa shape index (κ2) is 9.35. The predicted molar refractivity (Wildman–Crippen MR) is 124 cm³/mol. The topological polar surface area (TPSA) is 110 Å². The van der Waals surface area contributed by atoms with Crippen molar-refractivity contribution in [2.24, 2.45) is 5.10 Å². The Kier molecular flexibility index (Phi) is 6.34. The van der Waals surface area contributed by atoms with Gasteiger partial charge in [-0.2, -0.15) is 13.2 Å². The normalized spacial score (nSPS) is 11.9. The molecular weight excluding hydrogens is 466 g/mol. The van der Waals surface area contributed by atoms with Crippen LogP contribution in [0, 0.1) is 0 Å². The fourth-order valence-electron chi connectivity index (χ4n) is 3.04. The Morgan fingerprint density at radius 1 is 1.00 bits per heavy atom. The smallest absolute Gasteiger partial charge is 0.276 e. The summed E-state index contributed by atoms with van der Waals surface area (Å²) in [7, 11) is -2.51. The number of amides is 1. The van der Waals surface area contributed by atoms with Gasteiger partial charge < -0.3 is 14.5 Å². The molecule has 0 bridgehead atoms. The molecule has 0 atom stereocenters. The van der Waals surface area contributed by atoms with Crippen LogP contribution in [0.4, 0.5) is 5.69 Å². The Balaban J connectivity index is 1.78. The molecule has 168 valence electrons. The molecule has 0 aliphatic carbocycles. The molecule has 0 radical (unpaired) electrons. The van der Waals surface area contributed by atoms with Crippen LogP contribution in [0.2, 0.25) is 5.02 Å². The minimum Gasteiger partial charge on any atom is -0.495 e. The molecule has 0 unspecified atom stereocenters. The highest BCUT2D eigenvalue weighted by molar-refractivity contribution is 7.89. The number of carbonyl (C=O) groups excluding carboxylic acids is 1. The summed E-state index contributed by atoms with van der Waals surface area (Å²) in [5.41, 5.74) is 0.546. The van der Waals surface area contributed by atoms with Crippen LogP contribution < -0.4 is 20.4 Å². The van der Waals surface area contributed by atoms with Crippen molar-refractivity contribution in [3.05, 3.63) is 95.0 Å². The Labute approximate surface area is 194 Å². The monoisotopic (exact) mass is 483 g/mol. The minimum atomic E-state index is -3.98. The van der Waals surface area contributed by atoms with Crippen LogP contribution >= 0.6 is 11.6 Å². The van der Waals surface area contributed by atoms with Gasteiger partial charge in [0.1, 0.15) is 16.9 Å². The van der Waals surface area contributed by atoms with E-state index in [1.807, 2.05) is 0 Å². The van der Waals surface area contributed by atoms with Crippen LogP contribution in [0.3, 0.4) is 0 Å². The van der Waals surface area contributed by atoms with Crippen molar-refractivity contribution in [3.63, 3.8) is 0 Å². The Morgan fingerprint density at radius 2 is 1.73 bits per heavy atom. The lowest BCUT2D eigenvalue weighted by Gasteiger charge is -2.11. The average molecular weight is 484 g/mol. The number of carbonyl (C=O) groups is 1. The predicted octanol–water partition coefficient (Wildman–Crippen LogP) is 4.14. The molecule has 0 saturated carbocycles. The van der Waals surface area contributed by atoms with Gasteiger partial charge in [0.2, 0.25) is 5.55 Å². The van der Waals surface area contributed by atoms with Gasteiger partial charge in [-0.05, 0) is 42.5 Å². The van der Waals surface area contributed by atoms with Crippen molar-refractivity contribution in [2.75, 3.05) is 12.4 Å². The van der Waals surface area contributed by atoms with Gasteiger partial charge in [-0.15, -0.1) is 5.10 Å². The van der Waals surface area contributed by atoms with Crippen molar-refractivity contribution < 1.29 is 22.4 Å². The molecule has 1 amide bonds. The third-order valence-electron chi connectivity index (χ3n) is 4.63. The summed E-state index contributed by atoms with van der Waals surface area (Å²) in [4.78, 5) is 15.3. The summed E-state index contributed by atoms with van der Waals surface area (Å²) in [5.74, 6) is -0.198. The number of methoxy groups -OCH3 is 1. The van der Waals surface area contributed by atoms with Gasteiger partial charge in [0.05, 0.1) is 17.7 Å². The molecular formula is C23H18ClN3O5S. The number of para-hydroxylation sites is 1. The highest BCUT2D eigenvalue weighted by Crippen LogP contribution is 2.28. The number of anilines is 1. The maximum Gasteiger partial charge on any atom is 0.276 e. The number of hydrogen-bond acceptors (Lipinski definition) is 6. The van der Waals surface area contributed by atoms with Gasteiger partial charge in [-0.1, -0.05) is 48.0 Å². The van der Waals surface area contributed by atoms with Crippen LogP contribution in [-0.2, 0) is 10.0 Å². The first-order valence-electron chi connectivity index (χ1n) is 9.66. The van der Waals surface area contributed by atoms with E-state index in [-0.39, 0.29) is 16.0 Å². The summed E-state index contributed by atoms with van der Waals surface area (Å²) < 4.78 is 36.2. The second-order valence-electron chi connectivity index (χ2n) is 6.82. The number of benzene rings is 3. The van der Waals surface area contributed by atoms with E-state index in [1.165, 1.54) is 25.3 Å². The lowest BCUT2D eigenvalue weighted by molar-refractivity contribution is 0.102. The summed E-state index contributed by atoms with van der Waals surface area (Å²) in [5, 5.41) is 7.64. The summed E-state index contributed by atoms with van der Waals surface area (Å²) >= 11 is 6.05. The largest absolute Gasteiger partial charge is 0.495 e. The third-order valence-corrected chi connectivity index (χ3v) is 6.09. The molecule has 0 fully saturated rings. The van der Waals surface area contributed by atoms with Crippen molar-refractivity contribution in [3.8, 4) is 5.75 Å². The van der Waals surface area contributed by atoms with Crippen molar-refractivity contribution in [2.45, 2.75) is 4.90 Å². The first-order valence-corrected chi connectivity index (χ1v) is 11.5. The highest BCUT2D eigenvalue weighted by atomic mass is 35.5. The van der Waals surface area contributed by atoms with Crippen molar-refractivity contribution >= 4 is 44.2 Å². The van der Waals surface area contributed by atoms with Gasteiger partial charge >= 0.3 is 0 Å². The van der Waals surface area contributed by atoms with Crippen LogP contribution in [0.15, 0.2) is 93.3 Å². The molecule has 0 aliphatic rings. The molecule has 10 heteroatoms. The van der Waals surface area contributed by atoms with Gasteiger partial charge in [-0.25, -0.2) is 0 Å². The molecule has 33 heavy (non-hydrogen) atoms. The van der Waals surface area contributed by atoms with Crippen LogP contribution in [0.1, 0.15) is 10.4 Å². The zero-order chi connectivity index (χ0) is 23.4. The molecule has 3 aromatic carbocycles. The van der Waals surface area contributed by atoms with E-state index in [0.29, 0.717) is 27.4 Å². The molecule has 4 aromatic rings. The van der Waals surface area contributed by atoms with Gasteiger partial charge in [0.15, 0.2) is 0 Å². The maximum atomic E-state index is 13.1. The van der Waals surface area contributed by atoms with Crippen LogP contribution in [-0.4, -0.2) is 21.4 Å². The first kappa shape index (κ1) is 22.4. The van der Waals surface area contributed by atoms with E-state index in [4.69, 9.17) is 20.8 Å². The Morgan fingerprint density at radius 3 is 2.48 bits per heavy atom. The van der Waals surface area contributed by atoms with E-state index < -0.39 is 15.9 Å². The van der Waals surface area contributed by atoms with Crippen molar-refractivity contribution in [1.29, 1.82) is 0 Å². The quantitative estimate of drug-likeness (QED) is 0.400. The molecule has 1 aromatic heterocycles. The fourth-order valence-corrected chi connectivity index (χ4v) is 4.03. The van der Waals surface area contributed by atoms with Gasteiger partial charge in [-0.3, -0.25) is 4.79 Å². The van der Waals surface area contributed by atoms with Crippen LogP contribution in [0.25, 0.3) is 11.0 Å². The second-order valence-corrected chi connectivity index (χ2v) is 8.92. The number of nitrogens with zero attached hydrogens (tertiary/aromatic N) is 1. The molecule has 2 N–H and O–H groups in total. The lowest BCUT2D eigenvalue weighted by atomic mass is 10.1. The summed E-state index contributed by atoms with van der Waals surface area (Å²) in [6.45, 7) is 0. The first-order chi connectivity index (χ1) is 15.9. The number of rotatable bonds is 6. The number of halogens is 1. The molecule has 0 aliphatic heterocycles. The number of ether oxygens (including phenoxy) is 1. The highest BCUT2D eigenvalue weighted by Gasteiger charge is 2.17. The summed E-state index contributed by atoms with van der Waals surface area (Å²) in [6.07, 6.45) is 0. The molecule has 4 rings (SSSR count). The molecule has 0 spiro atoms. The third kappa shape index (κ3) is 5.00. The summed E-state index contributed by atoms with van der Waals surface area (Å²) in [6, 6.07) is 21.0. The van der Waals surface area contributed by atoms with E-state index in [0.717, 1.165) is 0 Å². The molecule has 1 heterocycles. The molecule has 0 saturated heterocycles. The fraction of sp³-hybridized carbons (Fsp3) is 0.0435. The Bertz CT molecular complexity index is 1500. The van der Waals surface area contributed by atoms with E-state index in [1.54, 1.807) is 60.7 Å². The van der Waals surface area contributed by atoms with Gasteiger partial charge in [0, 0.05) is 10.4 Å². The number of nitrogens with one attached hydrogen (secondary N) is 2. The number of fused-ring (bicyclic) bond motifs is 1. The SMILES string of the molecule is COc1ccc(Cl)cc1NC(=O)c1cc2ccccc2o/c1=N\NS(=O)(=O)c1ccccc1. The van der Waals surface area contributed by atoms with E-state index in [9.17, 15) is 13.2 Å². The minimum absolute atomic E-state index is 0.00601. The van der Waals surface area contributed by atoms with E-state index >= 15 is 0 Å². The maximum absolute atomic E-state index is 13.1. The standard InChI is InChI=1S/C23H18ClN3O5S/c1-31-21-12-11-16(24)14-19(21)25-22(28)18-13-15-7-5-6-10-20(15)32-23(18)26-27-33(29,30)17-8-3-2-4-9-17/h2-14,27H,1H3,(H,25,28)/b26-23-.